The second-order valence-corrected chi connectivity index (χ2v) is 6.06. The van der Waals surface area contributed by atoms with E-state index in [1.807, 2.05) is 42.5 Å². The number of pyridine rings is 1. The Labute approximate surface area is 153 Å². The van der Waals surface area contributed by atoms with E-state index in [1.165, 1.54) is 5.39 Å². The van der Waals surface area contributed by atoms with Gasteiger partial charge in [-0.1, -0.05) is 44.2 Å². The predicted molar refractivity (Wildman–Crippen MR) is 104 cm³/mol. The lowest BCUT2D eigenvalue weighted by atomic mass is 10.1. The van der Waals surface area contributed by atoms with E-state index in [0.717, 1.165) is 24.0 Å². The van der Waals surface area contributed by atoms with Crippen LogP contribution in [0.15, 0.2) is 65.8 Å². The van der Waals surface area contributed by atoms with Gasteiger partial charge in [0.25, 0.3) is 0 Å². The fraction of sp³-hybridized carbons (Fsp3) is 0.238. The smallest absolute Gasteiger partial charge is 0.219 e. The molecule has 0 aliphatic heterocycles. The van der Waals surface area contributed by atoms with Gasteiger partial charge < -0.3 is 4.74 Å². The number of benzene rings is 2. The average Bonchev–Trinajstić information content (AvgIpc) is 2.70. The van der Waals surface area contributed by atoms with Crippen molar-refractivity contribution in [3.8, 4) is 11.6 Å². The first-order chi connectivity index (χ1) is 12.7. The predicted octanol–water partition coefficient (Wildman–Crippen LogP) is 4.94. The molecule has 3 aromatic rings. The molecule has 3 rings (SSSR count). The van der Waals surface area contributed by atoms with E-state index in [2.05, 4.69) is 35.4 Å². The summed E-state index contributed by atoms with van der Waals surface area (Å²) in [5.74, 6) is 1.64. The van der Waals surface area contributed by atoms with E-state index in [4.69, 9.17) is 4.74 Å². The van der Waals surface area contributed by atoms with Crippen LogP contribution in [0.1, 0.15) is 32.3 Å². The van der Waals surface area contributed by atoms with Crippen LogP contribution >= 0.6 is 0 Å². The normalized spacial score (nSPS) is 11.8. The molecule has 5 heteroatoms. The van der Waals surface area contributed by atoms with Gasteiger partial charge in [-0.15, -0.1) is 0 Å². The van der Waals surface area contributed by atoms with Gasteiger partial charge in [0.2, 0.25) is 5.88 Å². The van der Waals surface area contributed by atoms with Crippen LogP contribution < -0.4 is 10.2 Å². The zero-order chi connectivity index (χ0) is 18.4. The zero-order valence-electron chi connectivity index (χ0n) is 15.0. The molecule has 134 valence electrons. The summed E-state index contributed by atoms with van der Waals surface area (Å²) in [7, 11) is 0. The Bertz CT molecular complexity index is 887. The maximum Gasteiger partial charge on any atom is 0.219 e. The van der Waals surface area contributed by atoms with Gasteiger partial charge in [0.05, 0.1) is 6.04 Å². The number of hydrogen-bond acceptors (Lipinski definition) is 4. The molecule has 0 atom stereocenters. The number of hydrogen-bond donors (Lipinski definition) is 2. The third-order valence-electron chi connectivity index (χ3n) is 4.31. The lowest BCUT2D eigenvalue weighted by Crippen LogP contribution is -2.23. The van der Waals surface area contributed by atoms with E-state index < -0.39 is 0 Å². The summed E-state index contributed by atoms with van der Waals surface area (Å²) in [6.45, 7) is 4.15. The van der Waals surface area contributed by atoms with Gasteiger partial charge >= 0.3 is 0 Å². The molecule has 2 N–H and O–H groups in total. The Balaban J connectivity index is 1.77. The number of aromatic nitrogens is 1. The molecule has 0 aliphatic rings. The largest absolute Gasteiger partial charge is 0.439 e. The van der Waals surface area contributed by atoms with Crippen LogP contribution in [0.2, 0.25) is 0 Å². The van der Waals surface area contributed by atoms with Crippen LogP contribution in [0.25, 0.3) is 10.8 Å². The summed E-state index contributed by atoms with van der Waals surface area (Å²) in [5.41, 5.74) is 2.89. The molecule has 5 nitrogen and oxygen atoms in total. The molecular weight excluding hydrogens is 326 g/mol. The van der Waals surface area contributed by atoms with Gasteiger partial charge in [0.15, 0.2) is 5.84 Å². The Morgan fingerprint density at radius 2 is 1.85 bits per heavy atom. The summed E-state index contributed by atoms with van der Waals surface area (Å²) in [6.07, 6.45) is 3.47. The first-order valence-corrected chi connectivity index (χ1v) is 8.84. The maximum absolute atomic E-state index is 9.38. The number of amidine groups is 1. The number of ether oxygens (including phenoxy) is 1. The summed E-state index contributed by atoms with van der Waals surface area (Å²) in [5, 5.41) is 11.7. The topological polar surface area (TPSA) is 66.7 Å². The summed E-state index contributed by atoms with van der Waals surface area (Å²) >= 11 is 0. The quantitative estimate of drug-likeness (QED) is 0.376. The number of nitrogens with zero attached hydrogens (tertiary/aromatic N) is 2. The van der Waals surface area contributed by atoms with Gasteiger partial charge in [-0.25, -0.2) is 4.98 Å². The number of fused-ring (bicyclic) bond motifs is 1. The molecule has 0 spiro atoms. The SMILES string of the molecule is CCC(CC)N=C(NO)c1ccc(Oc2ccc3ccccc3c2)nc1. The second kappa shape index (κ2) is 8.45. The van der Waals surface area contributed by atoms with Crippen LogP contribution in [0.3, 0.4) is 0 Å². The lowest BCUT2D eigenvalue weighted by Gasteiger charge is -2.11. The molecule has 0 saturated carbocycles. The number of hydroxylamine groups is 1. The summed E-state index contributed by atoms with van der Waals surface area (Å²) in [6, 6.07) is 17.8. The highest BCUT2D eigenvalue weighted by molar-refractivity contribution is 5.97. The van der Waals surface area contributed by atoms with Crippen LogP contribution in [0, 0.1) is 0 Å². The highest BCUT2D eigenvalue weighted by atomic mass is 16.5. The van der Waals surface area contributed by atoms with Gasteiger partial charge in [0, 0.05) is 17.8 Å². The minimum Gasteiger partial charge on any atom is -0.439 e. The number of nitrogens with one attached hydrogen (secondary N) is 1. The minimum atomic E-state index is 0.165. The van der Waals surface area contributed by atoms with Crippen LogP contribution in [-0.2, 0) is 0 Å². The lowest BCUT2D eigenvalue weighted by molar-refractivity contribution is 0.234. The minimum absolute atomic E-state index is 0.165. The van der Waals surface area contributed by atoms with Crippen molar-refractivity contribution in [2.75, 3.05) is 0 Å². The monoisotopic (exact) mass is 349 g/mol. The van der Waals surface area contributed by atoms with Crippen molar-refractivity contribution in [1.29, 1.82) is 0 Å². The molecular formula is C21H23N3O2. The number of rotatable bonds is 6. The summed E-state index contributed by atoms with van der Waals surface area (Å²) in [4.78, 5) is 8.85. The molecule has 0 saturated heterocycles. The molecule has 26 heavy (non-hydrogen) atoms. The fourth-order valence-electron chi connectivity index (χ4n) is 2.75. The van der Waals surface area contributed by atoms with Gasteiger partial charge in [-0.3, -0.25) is 15.7 Å². The molecule has 1 aromatic heterocycles. The van der Waals surface area contributed by atoms with E-state index in [0.29, 0.717) is 17.3 Å². The highest BCUT2D eigenvalue weighted by Crippen LogP contribution is 2.24. The molecule has 0 amide bonds. The van der Waals surface area contributed by atoms with Crippen molar-refractivity contribution in [3.05, 3.63) is 66.4 Å². The molecule has 0 unspecified atom stereocenters. The van der Waals surface area contributed by atoms with Crippen molar-refractivity contribution in [2.45, 2.75) is 32.7 Å². The second-order valence-electron chi connectivity index (χ2n) is 6.06. The van der Waals surface area contributed by atoms with Crippen LogP contribution in [-0.4, -0.2) is 22.1 Å². The fourth-order valence-corrected chi connectivity index (χ4v) is 2.75. The molecule has 0 aliphatic carbocycles. The Hall–Kier alpha value is -2.92. The standard InChI is InChI=1S/C21H23N3O2/c1-3-18(4-2)23-21(24-25)17-10-12-20(22-14-17)26-19-11-9-15-7-5-6-8-16(15)13-19/h5-14,18,25H,3-4H2,1-2H3,(H,23,24). The van der Waals surface area contributed by atoms with Gasteiger partial charge in [-0.2, -0.15) is 0 Å². The van der Waals surface area contributed by atoms with Crippen LogP contribution in [0.4, 0.5) is 0 Å². The molecule has 0 radical (unpaired) electrons. The van der Waals surface area contributed by atoms with Crippen LogP contribution in [0.5, 0.6) is 11.6 Å². The van der Waals surface area contributed by atoms with Crippen molar-refractivity contribution >= 4 is 16.6 Å². The first-order valence-electron chi connectivity index (χ1n) is 8.84. The number of aliphatic imine (C=N–C) groups is 1. The van der Waals surface area contributed by atoms with E-state index >= 15 is 0 Å². The average molecular weight is 349 g/mol. The zero-order valence-corrected chi connectivity index (χ0v) is 15.0. The van der Waals surface area contributed by atoms with Gasteiger partial charge in [-0.05, 0) is 41.8 Å². The van der Waals surface area contributed by atoms with Crippen molar-refractivity contribution in [2.24, 2.45) is 4.99 Å². The summed E-state index contributed by atoms with van der Waals surface area (Å²) < 4.78 is 5.84. The molecule has 0 fully saturated rings. The van der Waals surface area contributed by atoms with E-state index in [9.17, 15) is 5.21 Å². The maximum atomic E-state index is 9.38. The molecule has 0 bridgehead atoms. The van der Waals surface area contributed by atoms with Crippen molar-refractivity contribution in [1.82, 2.24) is 10.5 Å². The molecule has 1 heterocycles. The first kappa shape index (κ1) is 17.9. The third kappa shape index (κ3) is 4.18. The third-order valence-corrected chi connectivity index (χ3v) is 4.31. The molecule has 2 aromatic carbocycles. The highest BCUT2D eigenvalue weighted by Gasteiger charge is 2.08. The Morgan fingerprint density at radius 1 is 1.08 bits per heavy atom. The Kier molecular flexibility index (Phi) is 5.81. The van der Waals surface area contributed by atoms with E-state index in [1.54, 1.807) is 12.3 Å². The van der Waals surface area contributed by atoms with Gasteiger partial charge in [0.1, 0.15) is 5.75 Å². The Morgan fingerprint density at radius 3 is 2.50 bits per heavy atom. The van der Waals surface area contributed by atoms with E-state index in [-0.39, 0.29) is 6.04 Å². The van der Waals surface area contributed by atoms with Crippen molar-refractivity contribution in [3.63, 3.8) is 0 Å². The van der Waals surface area contributed by atoms with Crippen molar-refractivity contribution < 1.29 is 9.94 Å².